The Labute approximate surface area is 203 Å². The van der Waals surface area contributed by atoms with Gasteiger partial charge in [-0.15, -0.1) is 0 Å². The third-order valence-electron chi connectivity index (χ3n) is 6.15. The highest BCUT2D eigenvalue weighted by molar-refractivity contribution is 7.98. The molecule has 34 heavy (non-hydrogen) atoms. The number of carbonyl (C=O) groups is 1. The van der Waals surface area contributed by atoms with E-state index < -0.39 is 15.6 Å². The highest BCUT2D eigenvalue weighted by Gasteiger charge is 2.44. The summed E-state index contributed by atoms with van der Waals surface area (Å²) in [6.07, 6.45) is 7.16. The number of anilines is 1. The number of fused-ring (bicyclic) bond motifs is 3. The highest BCUT2D eigenvalue weighted by atomic mass is 32.2. The Kier molecular flexibility index (Phi) is 5.70. The molecule has 3 heterocycles. The molecular formula is C23H26N6O3S2. The van der Waals surface area contributed by atoms with Crippen molar-refractivity contribution in [3.63, 3.8) is 0 Å². The monoisotopic (exact) mass is 498 g/mol. The number of carbonyl (C=O) groups excluding carboxylic acids is 1. The normalized spacial score (nSPS) is 20.4. The molecule has 0 bridgehead atoms. The highest BCUT2D eigenvalue weighted by Crippen LogP contribution is 2.38. The molecular weight excluding hydrogens is 472 g/mol. The maximum Gasteiger partial charge on any atom is 0.263 e. The van der Waals surface area contributed by atoms with Crippen LogP contribution in [0.3, 0.4) is 0 Å². The van der Waals surface area contributed by atoms with E-state index in [4.69, 9.17) is 0 Å². The van der Waals surface area contributed by atoms with Gasteiger partial charge in [0.25, 0.3) is 5.91 Å². The number of hydrogen-bond acceptors (Lipinski definition) is 7. The zero-order valence-electron chi connectivity index (χ0n) is 19.3. The quantitative estimate of drug-likeness (QED) is 0.610. The fourth-order valence-corrected chi connectivity index (χ4v) is 5.87. The Morgan fingerprint density at radius 3 is 2.79 bits per heavy atom. The van der Waals surface area contributed by atoms with Crippen LogP contribution in [0.4, 0.5) is 5.69 Å². The van der Waals surface area contributed by atoms with Crippen molar-refractivity contribution in [1.29, 1.82) is 0 Å². The molecule has 1 fully saturated rings. The van der Waals surface area contributed by atoms with E-state index in [2.05, 4.69) is 26.7 Å². The van der Waals surface area contributed by atoms with Crippen LogP contribution < -0.4 is 9.62 Å². The Balaban J connectivity index is 1.56. The minimum Gasteiger partial charge on any atom is -0.295 e. The summed E-state index contributed by atoms with van der Waals surface area (Å²) in [5.41, 5.74) is 1.40. The summed E-state index contributed by atoms with van der Waals surface area (Å²) < 4.78 is 30.5. The van der Waals surface area contributed by atoms with E-state index in [1.54, 1.807) is 39.7 Å². The molecule has 0 unspecified atom stereocenters. The second-order valence-corrected chi connectivity index (χ2v) is 11.6. The number of hydrogen-bond donors (Lipinski definition) is 1. The number of benzene rings is 1. The number of amides is 1. The number of aryl methyl sites for hydroxylation is 1. The van der Waals surface area contributed by atoms with E-state index in [-0.39, 0.29) is 23.4 Å². The van der Waals surface area contributed by atoms with Crippen LogP contribution in [0.1, 0.15) is 35.7 Å². The first kappa shape index (κ1) is 23.0. The van der Waals surface area contributed by atoms with Gasteiger partial charge in [0, 0.05) is 24.3 Å². The average molecular weight is 499 g/mol. The van der Waals surface area contributed by atoms with Gasteiger partial charge in [0.05, 0.1) is 41.2 Å². The van der Waals surface area contributed by atoms with E-state index in [1.807, 2.05) is 31.3 Å². The van der Waals surface area contributed by atoms with E-state index >= 15 is 0 Å². The van der Waals surface area contributed by atoms with E-state index in [1.165, 1.54) is 6.07 Å². The Hall–Kier alpha value is -2.81. The first-order chi connectivity index (χ1) is 16.2. The van der Waals surface area contributed by atoms with Gasteiger partial charge in [-0.25, -0.2) is 18.1 Å². The van der Waals surface area contributed by atoms with Crippen molar-refractivity contribution in [3.8, 4) is 11.8 Å². The summed E-state index contributed by atoms with van der Waals surface area (Å²) in [5.74, 6) is 7.37. The largest absolute Gasteiger partial charge is 0.295 e. The van der Waals surface area contributed by atoms with Crippen LogP contribution >= 0.6 is 11.8 Å². The summed E-state index contributed by atoms with van der Waals surface area (Å²) in [5, 5.41) is 4.20. The lowest BCUT2D eigenvalue weighted by Gasteiger charge is -2.37. The maximum atomic E-state index is 13.7. The predicted octanol–water partition coefficient (Wildman–Crippen LogP) is 1.82. The number of thioether (sulfide) groups is 1. The number of nitrogens with one attached hydrogen (secondary N) is 1. The molecule has 5 rings (SSSR count). The lowest BCUT2D eigenvalue weighted by Crippen LogP contribution is -2.52. The van der Waals surface area contributed by atoms with Gasteiger partial charge in [0.2, 0.25) is 16.0 Å². The van der Waals surface area contributed by atoms with Crippen molar-refractivity contribution in [2.24, 2.45) is 12.0 Å². The number of aromatic nitrogens is 2. The lowest BCUT2D eigenvalue weighted by molar-refractivity contribution is 0.0833. The molecule has 2 aromatic rings. The molecule has 0 radical (unpaired) electrons. The van der Waals surface area contributed by atoms with Crippen LogP contribution in [-0.4, -0.2) is 65.1 Å². The van der Waals surface area contributed by atoms with Gasteiger partial charge in [-0.1, -0.05) is 11.8 Å². The molecule has 11 heteroatoms. The van der Waals surface area contributed by atoms with Crippen molar-refractivity contribution in [3.05, 3.63) is 41.7 Å². The van der Waals surface area contributed by atoms with Gasteiger partial charge in [0.1, 0.15) is 6.04 Å². The smallest absolute Gasteiger partial charge is 0.263 e. The molecule has 1 atom stereocenters. The molecule has 3 aliphatic rings. The molecule has 2 aliphatic heterocycles. The van der Waals surface area contributed by atoms with Crippen molar-refractivity contribution in [2.75, 3.05) is 23.5 Å². The minimum atomic E-state index is -3.75. The van der Waals surface area contributed by atoms with Gasteiger partial charge in [-0.3, -0.25) is 19.3 Å². The van der Waals surface area contributed by atoms with E-state index in [0.29, 0.717) is 29.5 Å². The zero-order chi connectivity index (χ0) is 24.1. The van der Waals surface area contributed by atoms with Crippen molar-refractivity contribution in [2.45, 2.75) is 42.8 Å². The van der Waals surface area contributed by atoms with Crippen LogP contribution in [0.5, 0.6) is 0 Å². The summed E-state index contributed by atoms with van der Waals surface area (Å²) in [7, 11) is -1.93. The molecule has 1 amide bonds. The first-order valence-electron chi connectivity index (χ1n) is 11.0. The van der Waals surface area contributed by atoms with Crippen LogP contribution in [0.2, 0.25) is 0 Å². The van der Waals surface area contributed by atoms with Gasteiger partial charge in [-0.05, 0) is 44.2 Å². The topological polar surface area (TPSA) is 99.9 Å². The van der Waals surface area contributed by atoms with Crippen LogP contribution in [0, 0.1) is 11.8 Å². The summed E-state index contributed by atoms with van der Waals surface area (Å²) in [4.78, 5) is 21.9. The Bertz CT molecular complexity index is 1350. The number of rotatable bonds is 6. The van der Waals surface area contributed by atoms with Gasteiger partial charge >= 0.3 is 0 Å². The number of sulfonamides is 1. The average Bonchev–Trinajstić information content (AvgIpc) is 3.17. The predicted molar refractivity (Wildman–Crippen MR) is 132 cm³/mol. The van der Waals surface area contributed by atoms with E-state index in [9.17, 15) is 13.2 Å². The molecule has 1 saturated carbocycles. The summed E-state index contributed by atoms with van der Waals surface area (Å²) in [6.45, 7) is 2.60. The third-order valence-corrected chi connectivity index (χ3v) is 8.22. The maximum absolute atomic E-state index is 13.7. The summed E-state index contributed by atoms with van der Waals surface area (Å²) in [6, 6.07) is 4.50. The fraction of sp³-hybridized carbons (Fsp3) is 0.435. The number of aliphatic imine (C=N–C) groups is 1. The molecule has 1 aromatic carbocycles. The Morgan fingerprint density at radius 1 is 1.32 bits per heavy atom. The van der Waals surface area contributed by atoms with E-state index in [0.717, 1.165) is 18.4 Å². The Morgan fingerprint density at radius 2 is 2.12 bits per heavy atom. The van der Waals surface area contributed by atoms with Gasteiger partial charge in [0.15, 0.2) is 0 Å². The molecule has 0 saturated heterocycles. The SMILES string of the molecule is CSCC#C[C@@H]1CN=C2N(Cc3cnn(C)c3)C(=O)c3cc(S(=O)(=O)NC4(C)CC4)ccc3N21. The number of nitrogens with zero attached hydrogens (tertiary/aromatic N) is 5. The van der Waals surface area contributed by atoms with Crippen molar-refractivity contribution in [1.82, 2.24) is 19.4 Å². The van der Waals surface area contributed by atoms with Crippen molar-refractivity contribution >= 4 is 39.3 Å². The molecule has 1 N–H and O–H groups in total. The first-order valence-corrected chi connectivity index (χ1v) is 13.9. The molecule has 9 nitrogen and oxygen atoms in total. The third kappa shape index (κ3) is 4.21. The lowest BCUT2D eigenvalue weighted by atomic mass is 10.1. The fourth-order valence-electron chi connectivity index (χ4n) is 4.15. The summed E-state index contributed by atoms with van der Waals surface area (Å²) >= 11 is 1.64. The van der Waals surface area contributed by atoms with Crippen LogP contribution in [-0.2, 0) is 23.6 Å². The molecule has 0 spiro atoms. The van der Waals surface area contributed by atoms with Crippen molar-refractivity contribution < 1.29 is 13.2 Å². The number of guanidine groups is 1. The molecule has 178 valence electrons. The standard InChI is InChI=1S/C23H26N6O3S2/c1-23(8-9-23)26-34(31,32)18-6-7-20-19(11-18)21(30)28(15-16-12-25-27(2)14-16)22-24-13-17(29(20)22)5-4-10-33-3/h6-7,11-12,14,17,26H,8-10,13,15H2,1-3H3/t17-/m1/s1. The zero-order valence-corrected chi connectivity index (χ0v) is 20.9. The van der Waals surface area contributed by atoms with Crippen LogP contribution in [0.25, 0.3) is 0 Å². The van der Waals surface area contributed by atoms with Crippen LogP contribution in [0.15, 0.2) is 40.5 Å². The van der Waals surface area contributed by atoms with Gasteiger partial charge < -0.3 is 0 Å². The molecule has 1 aromatic heterocycles. The molecule has 1 aliphatic carbocycles. The second-order valence-electron chi connectivity index (χ2n) is 9.04. The van der Waals surface area contributed by atoms with Gasteiger partial charge in [-0.2, -0.15) is 16.9 Å². The minimum absolute atomic E-state index is 0.0821. The second kappa shape index (κ2) is 8.45.